The van der Waals surface area contributed by atoms with E-state index in [-0.39, 0.29) is 11.9 Å². The van der Waals surface area contributed by atoms with Gasteiger partial charge in [-0.15, -0.1) is 0 Å². The van der Waals surface area contributed by atoms with E-state index in [1.807, 2.05) is 12.1 Å². The molecule has 2 fully saturated rings. The molecular weight excluding hydrogens is 220 g/mol. The van der Waals surface area contributed by atoms with Crippen molar-refractivity contribution >= 4 is 0 Å². The van der Waals surface area contributed by atoms with E-state index in [0.717, 1.165) is 25.4 Å². The van der Waals surface area contributed by atoms with E-state index in [2.05, 4.69) is 0 Å². The number of methoxy groups -OCH3 is 1. The maximum absolute atomic E-state index is 9.57. The molecule has 0 radical (unpaired) electrons. The van der Waals surface area contributed by atoms with Gasteiger partial charge in [-0.2, -0.15) is 0 Å². The van der Waals surface area contributed by atoms with Crippen molar-refractivity contribution in [2.75, 3.05) is 26.9 Å². The standard InChI is InChI=1S/C13H16O4/c1-15-12-4-8(2-3-11(12)14)13-10-7-16-5-9(10)6-17-13/h2-4,9-10,13-14H,5-7H2,1H3/t9?,10?,13-/m1/s1. The molecule has 0 amide bonds. The normalized spacial score (nSPS) is 31.5. The van der Waals surface area contributed by atoms with Crippen LogP contribution in [-0.4, -0.2) is 32.0 Å². The number of hydrogen-bond donors (Lipinski definition) is 1. The molecule has 17 heavy (non-hydrogen) atoms. The topological polar surface area (TPSA) is 47.9 Å². The Morgan fingerprint density at radius 3 is 3.00 bits per heavy atom. The molecule has 0 aromatic heterocycles. The fourth-order valence-electron chi connectivity index (χ4n) is 2.69. The van der Waals surface area contributed by atoms with Gasteiger partial charge in [0.05, 0.1) is 33.0 Å². The van der Waals surface area contributed by atoms with Crippen molar-refractivity contribution < 1.29 is 19.3 Å². The number of phenols is 1. The molecule has 1 aromatic carbocycles. The Morgan fingerprint density at radius 1 is 1.29 bits per heavy atom. The van der Waals surface area contributed by atoms with E-state index in [1.165, 1.54) is 0 Å². The van der Waals surface area contributed by atoms with Gasteiger partial charge in [-0.1, -0.05) is 6.07 Å². The lowest BCUT2D eigenvalue weighted by Gasteiger charge is -2.17. The lowest BCUT2D eigenvalue weighted by atomic mass is 9.90. The maximum Gasteiger partial charge on any atom is 0.160 e. The van der Waals surface area contributed by atoms with Gasteiger partial charge in [0.15, 0.2) is 11.5 Å². The Morgan fingerprint density at radius 2 is 2.18 bits per heavy atom. The third-order valence-electron chi connectivity index (χ3n) is 3.66. The number of aromatic hydroxyl groups is 1. The molecule has 4 heteroatoms. The van der Waals surface area contributed by atoms with Crippen LogP contribution in [0.4, 0.5) is 0 Å². The van der Waals surface area contributed by atoms with Crippen molar-refractivity contribution in [2.45, 2.75) is 6.10 Å². The molecule has 1 aromatic rings. The van der Waals surface area contributed by atoms with Gasteiger partial charge in [0.2, 0.25) is 0 Å². The Bertz CT molecular complexity index is 418. The lowest BCUT2D eigenvalue weighted by Crippen LogP contribution is -2.12. The van der Waals surface area contributed by atoms with Crippen LogP contribution in [0.3, 0.4) is 0 Å². The number of rotatable bonds is 2. The van der Waals surface area contributed by atoms with Gasteiger partial charge >= 0.3 is 0 Å². The molecule has 0 saturated carbocycles. The van der Waals surface area contributed by atoms with Gasteiger partial charge in [-0.05, 0) is 17.7 Å². The summed E-state index contributed by atoms with van der Waals surface area (Å²) in [6, 6.07) is 5.39. The Hall–Kier alpha value is -1.26. The number of hydrogen-bond acceptors (Lipinski definition) is 4. The highest BCUT2D eigenvalue weighted by Gasteiger charge is 2.42. The van der Waals surface area contributed by atoms with Crippen LogP contribution in [0.15, 0.2) is 18.2 Å². The first-order chi connectivity index (χ1) is 8.29. The van der Waals surface area contributed by atoms with Crippen LogP contribution in [0.1, 0.15) is 11.7 Å². The smallest absolute Gasteiger partial charge is 0.160 e. The first-order valence-electron chi connectivity index (χ1n) is 5.86. The van der Waals surface area contributed by atoms with Crippen molar-refractivity contribution in [3.05, 3.63) is 23.8 Å². The minimum absolute atomic E-state index is 0.0667. The molecule has 2 aliphatic rings. The SMILES string of the molecule is COc1cc([C@H]2OCC3COCC32)ccc1O. The fourth-order valence-corrected chi connectivity index (χ4v) is 2.69. The van der Waals surface area contributed by atoms with Crippen molar-refractivity contribution in [3.8, 4) is 11.5 Å². The summed E-state index contributed by atoms with van der Waals surface area (Å²) in [4.78, 5) is 0. The second-order valence-corrected chi connectivity index (χ2v) is 4.65. The van der Waals surface area contributed by atoms with Gasteiger partial charge in [-0.3, -0.25) is 0 Å². The zero-order chi connectivity index (χ0) is 11.8. The summed E-state index contributed by atoms with van der Waals surface area (Å²) < 4.78 is 16.4. The Labute approximate surface area is 100 Å². The third kappa shape index (κ3) is 1.77. The summed E-state index contributed by atoms with van der Waals surface area (Å²) in [5, 5.41) is 9.57. The predicted octanol–water partition coefficient (Wildman–Crippen LogP) is 1.73. The Balaban J connectivity index is 1.89. The van der Waals surface area contributed by atoms with Crippen LogP contribution in [0.5, 0.6) is 11.5 Å². The van der Waals surface area contributed by atoms with Gasteiger partial charge in [-0.25, -0.2) is 0 Å². The first-order valence-corrected chi connectivity index (χ1v) is 5.86. The fraction of sp³-hybridized carbons (Fsp3) is 0.538. The van der Waals surface area contributed by atoms with E-state index >= 15 is 0 Å². The van der Waals surface area contributed by atoms with Gasteiger partial charge < -0.3 is 19.3 Å². The summed E-state index contributed by atoms with van der Waals surface area (Å²) in [6.45, 7) is 2.33. The summed E-state index contributed by atoms with van der Waals surface area (Å²) in [6.07, 6.45) is 0.0667. The number of ether oxygens (including phenoxy) is 3. The molecule has 0 aliphatic carbocycles. The van der Waals surface area contributed by atoms with Crippen molar-refractivity contribution in [1.82, 2.24) is 0 Å². The Kier molecular flexibility index (Phi) is 2.68. The zero-order valence-electron chi connectivity index (χ0n) is 9.76. The van der Waals surface area contributed by atoms with Gasteiger partial charge in [0.25, 0.3) is 0 Å². The summed E-state index contributed by atoms with van der Waals surface area (Å²) >= 11 is 0. The lowest BCUT2D eigenvalue weighted by molar-refractivity contribution is 0.0501. The quantitative estimate of drug-likeness (QED) is 0.849. The van der Waals surface area contributed by atoms with Crippen molar-refractivity contribution in [3.63, 3.8) is 0 Å². The second kappa shape index (κ2) is 4.20. The number of benzene rings is 1. The minimum atomic E-state index is 0.0667. The average molecular weight is 236 g/mol. The molecule has 3 atom stereocenters. The van der Waals surface area contributed by atoms with Crippen LogP contribution in [0, 0.1) is 11.8 Å². The van der Waals surface area contributed by atoms with E-state index in [9.17, 15) is 5.11 Å². The molecule has 2 saturated heterocycles. The predicted molar refractivity (Wildman–Crippen MR) is 61.2 cm³/mol. The molecule has 0 bridgehead atoms. The molecule has 3 rings (SSSR count). The number of fused-ring (bicyclic) bond motifs is 1. The maximum atomic E-state index is 9.57. The monoisotopic (exact) mass is 236 g/mol. The molecule has 92 valence electrons. The molecule has 2 unspecified atom stereocenters. The van der Waals surface area contributed by atoms with Crippen LogP contribution in [0.2, 0.25) is 0 Å². The minimum Gasteiger partial charge on any atom is -0.504 e. The summed E-state index contributed by atoms with van der Waals surface area (Å²) in [7, 11) is 1.55. The molecule has 1 N–H and O–H groups in total. The summed E-state index contributed by atoms with van der Waals surface area (Å²) in [5.41, 5.74) is 1.05. The van der Waals surface area contributed by atoms with Crippen molar-refractivity contribution in [2.24, 2.45) is 11.8 Å². The zero-order valence-corrected chi connectivity index (χ0v) is 9.76. The highest BCUT2D eigenvalue weighted by molar-refractivity contribution is 5.42. The molecule has 2 heterocycles. The second-order valence-electron chi connectivity index (χ2n) is 4.65. The number of phenolic OH excluding ortho intramolecular Hbond substituents is 1. The van der Waals surface area contributed by atoms with Crippen LogP contribution < -0.4 is 4.74 Å². The van der Waals surface area contributed by atoms with E-state index < -0.39 is 0 Å². The molecular formula is C13H16O4. The van der Waals surface area contributed by atoms with E-state index in [4.69, 9.17) is 14.2 Å². The van der Waals surface area contributed by atoms with Gasteiger partial charge in [0.1, 0.15) is 0 Å². The highest BCUT2D eigenvalue weighted by Crippen LogP contribution is 2.43. The third-order valence-corrected chi connectivity index (χ3v) is 3.66. The molecule has 4 nitrogen and oxygen atoms in total. The van der Waals surface area contributed by atoms with Crippen LogP contribution in [-0.2, 0) is 9.47 Å². The van der Waals surface area contributed by atoms with Crippen LogP contribution in [0.25, 0.3) is 0 Å². The first kappa shape index (κ1) is 10.9. The van der Waals surface area contributed by atoms with Crippen molar-refractivity contribution in [1.29, 1.82) is 0 Å². The molecule has 0 spiro atoms. The summed E-state index contributed by atoms with van der Waals surface area (Å²) in [5.74, 6) is 1.60. The average Bonchev–Trinajstić information content (AvgIpc) is 2.92. The van der Waals surface area contributed by atoms with Crippen LogP contribution >= 0.6 is 0 Å². The molecule has 2 aliphatic heterocycles. The van der Waals surface area contributed by atoms with E-state index in [1.54, 1.807) is 13.2 Å². The highest BCUT2D eigenvalue weighted by atomic mass is 16.5. The van der Waals surface area contributed by atoms with Gasteiger partial charge in [0, 0.05) is 11.8 Å². The largest absolute Gasteiger partial charge is 0.504 e. The van der Waals surface area contributed by atoms with E-state index in [0.29, 0.717) is 17.6 Å².